The highest BCUT2D eigenvalue weighted by Gasteiger charge is 2.51. The topological polar surface area (TPSA) is 71.1 Å². The average Bonchev–Trinajstić information content (AvgIpc) is 3.12. The number of fused-ring (bicyclic) bond motifs is 1. The van der Waals surface area contributed by atoms with Crippen molar-refractivity contribution in [2.75, 3.05) is 13.2 Å². The molecule has 0 spiro atoms. The molecule has 2 saturated heterocycles. The first-order valence-electron chi connectivity index (χ1n) is 9.27. The lowest BCUT2D eigenvalue weighted by molar-refractivity contribution is -0.155. The molecule has 24 heavy (non-hydrogen) atoms. The van der Waals surface area contributed by atoms with E-state index in [0.29, 0.717) is 26.1 Å². The first kappa shape index (κ1) is 19.2. The minimum absolute atomic E-state index is 0.207. The molecule has 2 rings (SSSR count). The molecular formula is C18H30O6. The molecule has 0 aromatic heterocycles. The third-order valence-corrected chi connectivity index (χ3v) is 4.50. The molecule has 6 heteroatoms. The predicted molar refractivity (Wildman–Crippen MR) is 87.5 cm³/mol. The van der Waals surface area contributed by atoms with Gasteiger partial charge in [-0.25, -0.2) is 0 Å². The Labute approximate surface area is 144 Å². The lowest BCUT2D eigenvalue weighted by Gasteiger charge is -2.17. The maximum absolute atomic E-state index is 11.8. The molecule has 0 radical (unpaired) electrons. The van der Waals surface area contributed by atoms with Gasteiger partial charge in [-0.2, -0.15) is 0 Å². The van der Waals surface area contributed by atoms with E-state index < -0.39 is 12.2 Å². The highest BCUT2D eigenvalue weighted by atomic mass is 16.7. The molecule has 0 N–H and O–H groups in total. The van der Waals surface area contributed by atoms with Gasteiger partial charge in [-0.15, -0.1) is 0 Å². The minimum atomic E-state index is -0.395. The summed E-state index contributed by atoms with van der Waals surface area (Å²) in [4.78, 5) is 23.7. The second-order valence-electron chi connectivity index (χ2n) is 6.57. The zero-order valence-corrected chi connectivity index (χ0v) is 14.8. The summed E-state index contributed by atoms with van der Waals surface area (Å²) in [6, 6.07) is 0. The van der Waals surface area contributed by atoms with Crippen LogP contribution in [-0.2, 0) is 28.5 Å². The fourth-order valence-electron chi connectivity index (χ4n) is 3.13. The molecule has 2 fully saturated rings. The molecule has 0 aliphatic carbocycles. The van der Waals surface area contributed by atoms with Crippen molar-refractivity contribution >= 4 is 11.9 Å². The first-order valence-corrected chi connectivity index (χ1v) is 9.27. The van der Waals surface area contributed by atoms with Gasteiger partial charge in [-0.1, -0.05) is 39.5 Å². The lowest BCUT2D eigenvalue weighted by atomic mass is 10.1. The van der Waals surface area contributed by atoms with Crippen LogP contribution in [0.1, 0.15) is 65.2 Å². The summed E-state index contributed by atoms with van der Waals surface area (Å²) in [6.45, 7) is 4.80. The minimum Gasteiger partial charge on any atom is -0.457 e. The third kappa shape index (κ3) is 5.45. The van der Waals surface area contributed by atoms with Crippen molar-refractivity contribution < 1.29 is 28.5 Å². The van der Waals surface area contributed by atoms with Gasteiger partial charge in [0.2, 0.25) is 0 Å². The zero-order chi connectivity index (χ0) is 17.4. The van der Waals surface area contributed by atoms with Crippen LogP contribution in [0.3, 0.4) is 0 Å². The third-order valence-electron chi connectivity index (χ3n) is 4.50. The quantitative estimate of drug-likeness (QED) is 0.449. The molecule has 4 atom stereocenters. The molecule has 138 valence electrons. The monoisotopic (exact) mass is 342 g/mol. The normalized spacial score (nSPS) is 28.6. The molecule has 2 aliphatic rings. The van der Waals surface area contributed by atoms with Gasteiger partial charge in [0.05, 0.1) is 13.2 Å². The number of hydrogen-bond acceptors (Lipinski definition) is 6. The zero-order valence-electron chi connectivity index (χ0n) is 14.8. The second-order valence-corrected chi connectivity index (χ2v) is 6.57. The van der Waals surface area contributed by atoms with E-state index in [-0.39, 0.29) is 24.1 Å². The van der Waals surface area contributed by atoms with Gasteiger partial charge in [-0.05, 0) is 12.8 Å². The number of rotatable bonds is 10. The van der Waals surface area contributed by atoms with Crippen LogP contribution in [0.2, 0.25) is 0 Å². The van der Waals surface area contributed by atoms with E-state index in [0.717, 1.165) is 38.5 Å². The Morgan fingerprint density at radius 2 is 1.21 bits per heavy atom. The van der Waals surface area contributed by atoms with Crippen molar-refractivity contribution in [1.29, 1.82) is 0 Å². The first-order chi connectivity index (χ1) is 11.7. The van der Waals surface area contributed by atoms with Crippen molar-refractivity contribution in [3.63, 3.8) is 0 Å². The number of esters is 2. The van der Waals surface area contributed by atoms with E-state index >= 15 is 0 Å². The largest absolute Gasteiger partial charge is 0.457 e. The van der Waals surface area contributed by atoms with Crippen LogP contribution in [0.25, 0.3) is 0 Å². The van der Waals surface area contributed by atoms with Gasteiger partial charge >= 0.3 is 11.9 Å². The molecule has 4 unspecified atom stereocenters. The summed E-state index contributed by atoms with van der Waals surface area (Å²) in [6.07, 6.45) is 5.28. The van der Waals surface area contributed by atoms with E-state index in [1.165, 1.54) is 0 Å². The molecular weight excluding hydrogens is 312 g/mol. The number of carbonyl (C=O) groups excluding carboxylic acids is 2. The molecule has 0 bridgehead atoms. The van der Waals surface area contributed by atoms with Crippen LogP contribution >= 0.6 is 0 Å². The molecule has 2 heterocycles. The average molecular weight is 342 g/mol. The molecule has 0 aromatic rings. The molecule has 0 saturated carbocycles. The maximum Gasteiger partial charge on any atom is 0.306 e. The molecule has 6 nitrogen and oxygen atoms in total. The van der Waals surface area contributed by atoms with Crippen LogP contribution in [0.15, 0.2) is 0 Å². The van der Waals surface area contributed by atoms with Crippen LogP contribution in [0.4, 0.5) is 0 Å². The van der Waals surface area contributed by atoms with Crippen LogP contribution in [-0.4, -0.2) is 49.6 Å². The highest BCUT2D eigenvalue weighted by Crippen LogP contribution is 2.31. The van der Waals surface area contributed by atoms with Crippen LogP contribution < -0.4 is 0 Å². The van der Waals surface area contributed by atoms with Crippen molar-refractivity contribution in [2.24, 2.45) is 0 Å². The van der Waals surface area contributed by atoms with Crippen LogP contribution in [0, 0.1) is 0 Å². The SMILES string of the molecule is CCCCCC(=O)OC1COC2C(OC(=O)CCCCC)COC12. The standard InChI is InChI=1S/C18H30O6/c1-3-5-7-9-15(19)23-13-11-21-18-14(12-22-17(13)18)24-16(20)10-8-6-4-2/h13-14,17-18H,3-12H2,1-2H3. The number of hydrogen-bond donors (Lipinski definition) is 0. The predicted octanol–water partition coefficient (Wildman–Crippen LogP) is 2.77. The van der Waals surface area contributed by atoms with Crippen molar-refractivity contribution in [3.8, 4) is 0 Å². The Morgan fingerprint density at radius 1 is 0.792 bits per heavy atom. The fraction of sp³-hybridized carbons (Fsp3) is 0.889. The summed E-state index contributed by atoms with van der Waals surface area (Å²) < 4.78 is 22.3. The second kappa shape index (κ2) is 9.99. The Bertz CT molecular complexity index is 372. The Morgan fingerprint density at radius 3 is 1.58 bits per heavy atom. The summed E-state index contributed by atoms with van der Waals surface area (Å²) in [7, 11) is 0. The van der Waals surface area contributed by atoms with Gasteiger partial charge in [-0.3, -0.25) is 9.59 Å². The van der Waals surface area contributed by atoms with Gasteiger partial charge in [0.15, 0.2) is 12.2 Å². The van der Waals surface area contributed by atoms with E-state index in [2.05, 4.69) is 13.8 Å². The van der Waals surface area contributed by atoms with Crippen molar-refractivity contribution in [2.45, 2.75) is 89.6 Å². The van der Waals surface area contributed by atoms with Gasteiger partial charge < -0.3 is 18.9 Å². The van der Waals surface area contributed by atoms with Crippen molar-refractivity contribution in [1.82, 2.24) is 0 Å². The fourth-order valence-corrected chi connectivity index (χ4v) is 3.13. The van der Waals surface area contributed by atoms with E-state index in [1.807, 2.05) is 0 Å². The van der Waals surface area contributed by atoms with Gasteiger partial charge in [0.1, 0.15) is 12.2 Å². The Hall–Kier alpha value is -1.14. The number of unbranched alkanes of at least 4 members (excludes halogenated alkanes) is 4. The maximum atomic E-state index is 11.8. The molecule has 2 aliphatic heterocycles. The summed E-state index contributed by atoms with van der Waals surface area (Å²) in [5, 5.41) is 0. The van der Waals surface area contributed by atoms with E-state index in [9.17, 15) is 9.59 Å². The van der Waals surface area contributed by atoms with E-state index in [4.69, 9.17) is 18.9 Å². The van der Waals surface area contributed by atoms with E-state index in [1.54, 1.807) is 0 Å². The summed E-state index contributed by atoms with van der Waals surface area (Å²) in [5.74, 6) is -0.414. The lowest BCUT2D eigenvalue weighted by Crippen LogP contribution is -2.35. The smallest absolute Gasteiger partial charge is 0.306 e. The molecule has 0 amide bonds. The van der Waals surface area contributed by atoms with Gasteiger partial charge in [0, 0.05) is 12.8 Å². The Balaban J connectivity index is 1.73. The summed E-state index contributed by atoms with van der Waals surface area (Å²) in [5.41, 5.74) is 0. The number of ether oxygens (including phenoxy) is 4. The summed E-state index contributed by atoms with van der Waals surface area (Å²) >= 11 is 0. The van der Waals surface area contributed by atoms with Crippen molar-refractivity contribution in [3.05, 3.63) is 0 Å². The number of carbonyl (C=O) groups is 2. The highest BCUT2D eigenvalue weighted by molar-refractivity contribution is 5.70. The Kier molecular flexibility index (Phi) is 7.99. The van der Waals surface area contributed by atoms with Crippen LogP contribution in [0.5, 0.6) is 0 Å². The molecule has 0 aromatic carbocycles. The van der Waals surface area contributed by atoms with Gasteiger partial charge in [0.25, 0.3) is 0 Å².